The second-order valence-corrected chi connectivity index (χ2v) is 8.16. The van der Waals surface area contributed by atoms with Crippen molar-refractivity contribution in [2.24, 2.45) is 7.05 Å². The maximum atomic E-state index is 5.52. The molecule has 0 radical (unpaired) electrons. The number of hydrogen-bond donors (Lipinski definition) is 1. The van der Waals surface area contributed by atoms with E-state index in [1.165, 1.54) is 0 Å². The van der Waals surface area contributed by atoms with Gasteiger partial charge in [0, 0.05) is 66.5 Å². The van der Waals surface area contributed by atoms with Crippen molar-refractivity contribution in [1.29, 1.82) is 0 Å². The number of methoxy groups -OCH3 is 2. The Morgan fingerprint density at radius 3 is 2.35 bits per heavy atom. The third-order valence-corrected chi connectivity index (χ3v) is 5.68. The van der Waals surface area contributed by atoms with E-state index in [1.54, 1.807) is 14.2 Å². The fourth-order valence-corrected chi connectivity index (χ4v) is 3.94. The Morgan fingerprint density at radius 1 is 0.912 bits per heavy atom. The maximum absolute atomic E-state index is 5.52. The number of aromatic amines is 1. The summed E-state index contributed by atoms with van der Waals surface area (Å²) >= 11 is 0. The van der Waals surface area contributed by atoms with Crippen molar-refractivity contribution in [3.8, 4) is 22.8 Å². The molecular weight excluding hydrogens is 428 g/mol. The third kappa shape index (κ3) is 4.30. The summed E-state index contributed by atoms with van der Waals surface area (Å²) in [4.78, 5) is 19.5. The van der Waals surface area contributed by atoms with E-state index in [4.69, 9.17) is 14.5 Å². The Bertz CT molecular complexity index is 1430. The average Bonchev–Trinajstić information content (AvgIpc) is 3.49. The van der Waals surface area contributed by atoms with Gasteiger partial charge in [-0.1, -0.05) is 0 Å². The zero-order chi connectivity index (χ0) is 23.7. The molecule has 0 aliphatic heterocycles. The normalized spacial score (nSPS) is 11.1. The summed E-state index contributed by atoms with van der Waals surface area (Å²) in [5, 5.41) is 0. The van der Waals surface area contributed by atoms with Crippen LogP contribution in [0, 0.1) is 6.92 Å². The topological polar surface area (TPSA) is 81.1 Å². The molecule has 0 bridgehead atoms. The molecule has 3 aromatic heterocycles. The number of H-pyrrole nitrogens is 1. The van der Waals surface area contributed by atoms with Crippen LogP contribution in [0.2, 0.25) is 0 Å². The van der Waals surface area contributed by atoms with Gasteiger partial charge >= 0.3 is 0 Å². The van der Waals surface area contributed by atoms with E-state index in [0.717, 1.165) is 45.2 Å². The van der Waals surface area contributed by atoms with E-state index in [9.17, 15) is 0 Å². The highest BCUT2D eigenvalue weighted by atomic mass is 16.5. The number of aromatic nitrogens is 5. The molecule has 0 unspecified atom stereocenters. The lowest BCUT2D eigenvalue weighted by Crippen LogP contribution is -2.17. The molecule has 0 atom stereocenters. The van der Waals surface area contributed by atoms with Crippen molar-refractivity contribution >= 4 is 22.4 Å². The first kappa shape index (κ1) is 21.5. The van der Waals surface area contributed by atoms with Gasteiger partial charge in [-0.15, -0.1) is 0 Å². The third-order valence-electron chi connectivity index (χ3n) is 5.68. The van der Waals surface area contributed by atoms with Crippen LogP contribution in [-0.4, -0.2) is 38.7 Å². The summed E-state index contributed by atoms with van der Waals surface area (Å²) in [5.41, 5.74) is 6.39. The van der Waals surface area contributed by atoms with Gasteiger partial charge in [-0.2, -0.15) is 0 Å². The second kappa shape index (κ2) is 8.90. The molecule has 5 aromatic rings. The maximum Gasteiger partial charge on any atom is 0.126 e. The van der Waals surface area contributed by atoms with Gasteiger partial charge in [0.25, 0.3) is 0 Å². The number of anilines is 2. The first-order valence-electron chi connectivity index (χ1n) is 10.9. The smallest absolute Gasteiger partial charge is 0.126 e. The van der Waals surface area contributed by atoms with Crippen LogP contribution in [0.5, 0.6) is 11.5 Å². The molecule has 0 aliphatic carbocycles. The summed E-state index contributed by atoms with van der Waals surface area (Å²) in [6.45, 7) is 2.52. The molecule has 0 spiro atoms. The first-order valence-corrected chi connectivity index (χ1v) is 10.9. The van der Waals surface area contributed by atoms with Gasteiger partial charge in [0.15, 0.2) is 0 Å². The van der Waals surface area contributed by atoms with Crippen LogP contribution >= 0.6 is 0 Å². The Labute approximate surface area is 197 Å². The highest BCUT2D eigenvalue weighted by molar-refractivity contribution is 5.82. The number of aryl methyl sites for hydroxylation is 2. The van der Waals surface area contributed by atoms with Crippen LogP contribution in [0.25, 0.3) is 22.3 Å². The molecule has 0 amide bonds. The number of benzene rings is 2. The minimum Gasteiger partial charge on any atom is -0.497 e. The summed E-state index contributed by atoms with van der Waals surface area (Å²) in [7, 11) is 5.29. The lowest BCUT2D eigenvalue weighted by atomic mass is 10.2. The lowest BCUT2D eigenvalue weighted by molar-refractivity contribution is 0.394. The summed E-state index contributed by atoms with van der Waals surface area (Å²) in [5.74, 6) is 2.27. The predicted molar refractivity (Wildman–Crippen MR) is 133 cm³/mol. The van der Waals surface area contributed by atoms with E-state index >= 15 is 0 Å². The number of rotatable bonds is 7. The SMILES string of the molecule is COc1cc(OC)cc(N(Cc2ncc(C)[nH]2)c2ccc3ncc(-c4ccn(C)c4)nc3c2)c1. The number of hydrogen-bond acceptors (Lipinski definition) is 6. The molecule has 172 valence electrons. The van der Waals surface area contributed by atoms with Crippen LogP contribution in [0.1, 0.15) is 11.5 Å². The number of ether oxygens (including phenoxy) is 2. The molecular formula is C26H26N6O2. The molecule has 8 nitrogen and oxygen atoms in total. The van der Waals surface area contributed by atoms with E-state index in [2.05, 4.69) is 25.9 Å². The van der Waals surface area contributed by atoms with E-state index in [0.29, 0.717) is 18.0 Å². The zero-order valence-corrected chi connectivity index (χ0v) is 19.6. The lowest BCUT2D eigenvalue weighted by Gasteiger charge is -2.25. The van der Waals surface area contributed by atoms with Crippen LogP contribution in [0.15, 0.2) is 67.3 Å². The molecule has 0 saturated carbocycles. The minimum atomic E-state index is 0.529. The Balaban J connectivity index is 1.62. The van der Waals surface area contributed by atoms with Crippen LogP contribution in [-0.2, 0) is 13.6 Å². The van der Waals surface area contributed by atoms with E-state index in [-0.39, 0.29) is 0 Å². The van der Waals surface area contributed by atoms with Gasteiger partial charge in [0.2, 0.25) is 0 Å². The van der Waals surface area contributed by atoms with Gasteiger partial charge in [-0.3, -0.25) is 4.98 Å². The summed E-state index contributed by atoms with van der Waals surface area (Å²) < 4.78 is 13.0. The molecule has 3 heterocycles. The van der Waals surface area contributed by atoms with Crippen molar-refractivity contribution in [1.82, 2.24) is 24.5 Å². The molecule has 8 heteroatoms. The highest BCUT2D eigenvalue weighted by Gasteiger charge is 2.16. The van der Waals surface area contributed by atoms with Gasteiger partial charge in [0.05, 0.1) is 43.7 Å². The van der Waals surface area contributed by atoms with Crippen molar-refractivity contribution < 1.29 is 9.47 Å². The van der Waals surface area contributed by atoms with Gasteiger partial charge in [-0.05, 0) is 31.2 Å². The fourth-order valence-electron chi connectivity index (χ4n) is 3.94. The predicted octanol–water partition coefficient (Wildman–Crippen LogP) is 5.02. The zero-order valence-electron chi connectivity index (χ0n) is 19.6. The van der Waals surface area contributed by atoms with Crippen LogP contribution in [0.4, 0.5) is 11.4 Å². The Hall–Kier alpha value is -4.33. The van der Waals surface area contributed by atoms with Crippen molar-refractivity contribution in [2.75, 3.05) is 19.1 Å². The number of nitrogens with zero attached hydrogens (tertiary/aromatic N) is 5. The molecule has 34 heavy (non-hydrogen) atoms. The number of fused-ring (bicyclic) bond motifs is 1. The average molecular weight is 455 g/mol. The van der Waals surface area contributed by atoms with E-state index < -0.39 is 0 Å². The number of imidazole rings is 1. The number of nitrogens with one attached hydrogen (secondary N) is 1. The van der Waals surface area contributed by atoms with Gasteiger partial charge < -0.3 is 23.9 Å². The molecule has 0 saturated heterocycles. The van der Waals surface area contributed by atoms with E-state index in [1.807, 2.05) is 79.7 Å². The highest BCUT2D eigenvalue weighted by Crippen LogP contribution is 2.35. The standard InChI is InChI=1S/C26H26N6O2/c1-17-13-28-26(29-17)16-32(20-9-21(33-3)12-22(10-20)34-4)19-5-6-23-24(11-19)30-25(14-27-23)18-7-8-31(2)15-18/h5-15H,16H2,1-4H3,(H,28,29). The monoisotopic (exact) mass is 454 g/mol. The minimum absolute atomic E-state index is 0.529. The fraction of sp³-hybridized carbons (Fsp3) is 0.192. The Kier molecular flexibility index (Phi) is 5.63. The first-order chi connectivity index (χ1) is 16.5. The molecule has 0 aliphatic rings. The van der Waals surface area contributed by atoms with Crippen molar-refractivity contribution in [2.45, 2.75) is 13.5 Å². The van der Waals surface area contributed by atoms with Gasteiger partial charge in [-0.25, -0.2) is 9.97 Å². The molecule has 0 fully saturated rings. The van der Waals surface area contributed by atoms with Crippen LogP contribution < -0.4 is 14.4 Å². The van der Waals surface area contributed by atoms with Crippen LogP contribution in [0.3, 0.4) is 0 Å². The second-order valence-electron chi connectivity index (χ2n) is 8.16. The molecule has 5 rings (SSSR count). The summed E-state index contributed by atoms with van der Waals surface area (Å²) in [6.07, 6.45) is 7.68. The largest absolute Gasteiger partial charge is 0.497 e. The quantitative estimate of drug-likeness (QED) is 0.372. The van der Waals surface area contributed by atoms with Crippen molar-refractivity contribution in [3.63, 3.8) is 0 Å². The van der Waals surface area contributed by atoms with Gasteiger partial charge in [0.1, 0.15) is 17.3 Å². The Morgan fingerprint density at radius 2 is 1.71 bits per heavy atom. The molecule has 2 aromatic carbocycles. The summed E-state index contributed by atoms with van der Waals surface area (Å²) in [6, 6.07) is 13.9. The molecule has 1 N–H and O–H groups in total. The van der Waals surface area contributed by atoms with Crippen molar-refractivity contribution in [3.05, 3.63) is 78.8 Å².